The highest BCUT2D eigenvalue weighted by molar-refractivity contribution is 14.0. The first-order valence-corrected chi connectivity index (χ1v) is 9.87. The molecule has 2 heterocycles. The number of furan rings is 1. The van der Waals surface area contributed by atoms with Gasteiger partial charge in [-0.25, -0.2) is 8.78 Å². The molecule has 1 saturated heterocycles. The highest BCUT2D eigenvalue weighted by Crippen LogP contribution is 2.16. The van der Waals surface area contributed by atoms with E-state index in [1.807, 2.05) is 19.1 Å². The molecule has 0 saturated carbocycles. The number of nitrogens with zero attached hydrogens (tertiary/aromatic N) is 2. The van der Waals surface area contributed by atoms with Crippen LogP contribution in [0.2, 0.25) is 0 Å². The Labute approximate surface area is 188 Å². The maximum Gasteiger partial charge on any atom is 0.191 e. The third-order valence-electron chi connectivity index (χ3n) is 4.87. The lowest BCUT2D eigenvalue weighted by Gasteiger charge is -2.33. The Morgan fingerprint density at radius 3 is 2.66 bits per heavy atom. The van der Waals surface area contributed by atoms with Gasteiger partial charge in [-0.1, -0.05) is 6.07 Å². The average molecular weight is 518 g/mol. The SMILES string of the molecule is CCNC(=NCCc1ccco1)NC1CCN(Cc2ccc(F)c(F)c2)CC1.I. The second-order valence-electron chi connectivity index (χ2n) is 7.03. The van der Waals surface area contributed by atoms with Crippen molar-refractivity contribution in [3.8, 4) is 0 Å². The third kappa shape index (κ3) is 7.58. The van der Waals surface area contributed by atoms with Crippen LogP contribution >= 0.6 is 24.0 Å². The Bertz CT molecular complexity index is 762. The summed E-state index contributed by atoms with van der Waals surface area (Å²) in [5.41, 5.74) is 0.804. The second-order valence-corrected chi connectivity index (χ2v) is 7.03. The van der Waals surface area contributed by atoms with Crippen molar-refractivity contribution in [3.05, 3.63) is 59.6 Å². The highest BCUT2D eigenvalue weighted by atomic mass is 127. The van der Waals surface area contributed by atoms with Gasteiger partial charge in [0.05, 0.1) is 6.26 Å². The van der Waals surface area contributed by atoms with Crippen molar-refractivity contribution in [1.82, 2.24) is 15.5 Å². The average Bonchev–Trinajstić information content (AvgIpc) is 3.20. The number of aliphatic imine (C=N–C) groups is 1. The van der Waals surface area contributed by atoms with Crippen LogP contribution in [0.3, 0.4) is 0 Å². The number of guanidine groups is 1. The number of rotatable bonds is 7. The molecule has 1 aromatic carbocycles. The topological polar surface area (TPSA) is 52.8 Å². The van der Waals surface area contributed by atoms with Gasteiger partial charge in [0, 0.05) is 45.2 Å². The molecule has 0 amide bonds. The largest absolute Gasteiger partial charge is 0.469 e. The summed E-state index contributed by atoms with van der Waals surface area (Å²) in [6.07, 6.45) is 4.41. The lowest BCUT2D eigenvalue weighted by molar-refractivity contribution is 0.198. The van der Waals surface area contributed by atoms with Crippen LogP contribution in [0.5, 0.6) is 0 Å². The van der Waals surface area contributed by atoms with Crippen LogP contribution in [0.25, 0.3) is 0 Å². The molecule has 29 heavy (non-hydrogen) atoms. The smallest absolute Gasteiger partial charge is 0.191 e. The Morgan fingerprint density at radius 1 is 1.21 bits per heavy atom. The lowest BCUT2D eigenvalue weighted by Crippen LogP contribution is -2.48. The highest BCUT2D eigenvalue weighted by Gasteiger charge is 2.20. The van der Waals surface area contributed by atoms with E-state index in [2.05, 4.69) is 20.5 Å². The maximum absolute atomic E-state index is 13.4. The quantitative estimate of drug-likeness (QED) is 0.332. The first-order valence-electron chi connectivity index (χ1n) is 9.87. The normalized spacial score (nSPS) is 15.8. The van der Waals surface area contributed by atoms with Crippen LogP contribution < -0.4 is 10.6 Å². The second kappa shape index (κ2) is 12.1. The van der Waals surface area contributed by atoms with Gasteiger partial charge >= 0.3 is 0 Å². The van der Waals surface area contributed by atoms with Crippen molar-refractivity contribution in [1.29, 1.82) is 0 Å². The summed E-state index contributed by atoms with van der Waals surface area (Å²) in [4.78, 5) is 6.90. The molecule has 1 aliphatic heterocycles. The van der Waals surface area contributed by atoms with Crippen LogP contribution in [-0.2, 0) is 13.0 Å². The fraction of sp³-hybridized carbons (Fsp3) is 0.476. The van der Waals surface area contributed by atoms with Gasteiger partial charge in [0.15, 0.2) is 17.6 Å². The van der Waals surface area contributed by atoms with Gasteiger partial charge in [0.1, 0.15) is 5.76 Å². The Balaban J connectivity index is 0.00000300. The monoisotopic (exact) mass is 518 g/mol. The van der Waals surface area contributed by atoms with Crippen LogP contribution in [0, 0.1) is 11.6 Å². The minimum atomic E-state index is -0.797. The molecule has 0 aliphatic carbocycles. The van der Waals surface area contributed by atoms with Crippen molar-refractivity contribution in [3.63, 3.8) is 0 Å². The third-order valence-corrected chi connectivity index (χ3v) is 4.87. The van der Waals surface area contributed by atoms with Crippen LogP contribution in [-0.4, -0.2) is 43.1 Å². The fourth-order valence-corrected chi connectivity index (χ4v) is 3.38. The van der Waals surface area contributed by atoms with E-state index in [4.69, 9.17) is 4.42 Å². The summed E-state index contributed by atoms with van der Waals surface area (Å²) in [7, 11) is 0. The molecule has 1 aromatic heterocycles. The van der Waals surface area contributed by atoms with Crippen molar-refractivity contribution in [2.75, 3.05) is 26.2 Å². The zero-order valence-electron chi connectivity index (χ0n) is 16.7. The molecular formula is C21H29F2IN4O. The Morgan fingerprint density at radius 2 is 2.00 bits per heavy atom. The predicted molar refractivity (Wildman–Crippen MR) is 122 cm³/mol. The van der Waals surface area contributed by atoms with E-state index in [9.17, 15) is 8.78 Å². The molecule has 0 atom stereocenters. The molecular weight excluding hydrogens is 489 g/mol. The number of hydrogen-bond donors (Lipinski definition) is 2. The fourth-order valence-electron chi connectivity index (χ4n) is 3.38. The molecule has 8 heteroatoms. The standard InChI is InChI=1S/C21H28F2N4O.HI/c1-2-24-21(25-10-7-18-4-3-13-28-18)26-17-8-11-27(12-9-17)15-16-5-6-19(22)20(23)14-16;/h3-6,13-14,17H,2,7-12,15H2,1H3,(H2,24,25,26);1H. The van der Waals surface area contributed by atoms with Gasteiger partial charge in [-0.05, 0) is 49.6 Å². The minimum Gasteiger partial charge on any atom is -0.469 e. The van der Waals surface area contributed by atoms with Crippen molar-refractivity contribution < 1.29 is 13.2 Å². The molecule has 0 spiro atoms. The molecule has 1 aliphatic rings. The van der Waals surface area contributed by atoms with Crippen molar-refractivity contribution in [2.24, 2.45) is 4.99 Å². The molecule has 2 N–H and O–H groups in total. The molecule has 1 fully saturated rings. The molecule has 0 radical (unpaired) electrons. The summed E-state index contributed by atoms with van der Waals surface area (Å²) in [5.74, 6) is 0.183. The van der Waals surface area contributed by atoms with Crippen LogP contribution in [0.1, 0.15) is 31.1 Å². The van der Waals surface area contributed by atoms with Gasteiger partial charge in [-0.15, -0.1) is 24.0 Å². The van der Waals surface area contributed by atoms with E-state index in [0.29, 0.717) is 19.1 Å². The van der Waals surface area contributed by atoms with E-state index in [1.165, 1.54) is 12.1 Å². The number of nitrogens with one attached hydrogen (secondary N) is 2. The van der Waals surface area contributed by atoms with E-state index < -0.39 is 11.6 Å². The number of piperidine rings is 1. The summed E-state index contributed by atoms with van der Waals surface area (Å²) in [5, 5.41) is 6.80. The number of benzene rings is 1. The van der Waals surface area contributed by atoms with Gasteiger partial charge in [-0.2, -0.15) is 0 Å². The van der Waals surface area contributed by atoms with Crippen molar-refractivity contribution >= 4 is 29.9 Å². The number of halogens is 3. The minimum absolute atomic E-state index is 0. The van der Waals surface area contributed by atoms with Gasteiger partial charge in [-0.3, -0.25) is 9.89 Å². The zero-order chi connectivity index (χ0) is 19.8. The van der Waals surface area contributed by atoms with Gasteiger partial charge in [0.25, 0.3) is 0 Å². The molecule has 3 rings (SSSR count). The van der Waals surface area contributed by atoms with Crippen LogP contribution in [0.4, 0.5) is 8.78 Å². The summed E-state index contributed by atoms with van der Waals surface area (Å²) < 4.78 is 31.8. The van der Waals surface area contributed by atoms with E-state index >= 15 is 0 Å². The number of likely N-dealkylation sites (tertiary alicyclic amines) is 1. The van der Waals surface area contributed by atoms with E-state index in [1.54, 1.807) is 12.3 Å². The molecule has 5 nitrogen and oxygen atoms in total. The van der Waals surface area contributed by atoms with E-state index in [-0.39, 0.29) is 24.0 Å². The summed E-state index contributed by atoms with van der Waals surface area (Å²) >= 11 is 0. The maximum atomic E-state index is 13.4. The predicted octanol–water partition coefficient (Wildman–Crippen LogP) is 3.94. The molecule has 2 aromatic rings. The lowest BCUT2D eigenvalue weighted by atomic mass is 10.0. The van der Waals surface area contributed by atoms with E-state index in [0.717, 1.165) is 56.2 Å². The van der Waals surface area contributed by atoms with Gasteiger partial charge in [0.2, 0.25) is 0 Å². The first kappa shape index (κ1) is 23.6. The first-order chi connectivity index (χ1) is 13.6. The Kier molecular flexibility index (Phi) is 9.86. The summed E-state index contributed by atoms with van der Waals surface area (Å²) in [6, 6.07) is 8.32. The molecule has 160 valence electrons. The Hall–Kier alpha value is -1.68. The van der Waals surface area contributed by atoms with Crippen LogP contribution in [0.15, 0.2) is 46.0 Å². The molecule has 0 unspecified atom stereocenters. The van der Waals surface area contributed by atoms with Gasteiger partial charge < -0.3 is 15.1 Å². The summed E-state index contributed by atoms with van der Waals surface area (Å²) in [6.45, 7) is 5.97. The number of hydrogen-bond acceptors (Lipinski definition) is 3. The zero-order valence-corrected chi connectivity index (χ0v) is 19.0. The van der Waals surface area contributed by atoms with Crippen molar-refractivity contribution in [2.45, 2.75) is 38.8 Å². The molecule has 0 bridgehead atoms.